The molecule has 0 aromatic heterocycles. The molecule has 0 saturated heterocycles. The summed E-state index contributed by atoms with van der Waals surface area (Å²) in [7, 11) is 1.00. The molecule has 0 unspecified atom stereocenters. The highest BCUT2D eigenvalue weighted by atomic mass is 17.0. The van der Waals surface area contributed by atoms with Crippen LogP contribution in [0.15, 0.2) is 30.3 Å². The van der Waals surface area contributed by atoms with E-state index in [9.17, 15) is 0 Å². The third-order valence-corrected chi connectivity index (χ3v) is 1.47. The fourth-order valence-electron chi connectivity index (χ4n) is 0.838. The van der Waals surface area contributed by atoms with E-state index in [4.69, 9.17) is 15.6 Å². The van der Waals surface area contributed by atoms with E-state index in [-0.39, 0.29) is 0 Å². The number of hydrogen-bond acceptors (Lipinski definition) is 3. The maximum atomic E-state index is 7.00. The summed E-state index contributed by atoms with van der Waals surface area (Å²) >= 11 is 0. The molecule has 0 aliphatic carbocycles. The molecule has 1 aromatic rings. The zero-order valence-electron chi connectivity index (χ0n) is 8.31. The smallest absolute Gasteiger partial charge is 0.0319 e. The predicted molar refractivity (Wildman–Crippen MR) is 53.9 cm³/mol. The van der Waals surface area contributed by atoms with Crippen molar-refractivity contribution in [2.75, 3.05) is 7.11 Å². The van der Waals surface area contributed by atoms with Gasteiger partial charge < -0.3 is 5.11 Å². The molecule has 0 bridgehead atoms. The van der Waals surface area contributed by atoms with Gasteiger partial charge in [-0.2, -0.15) is 0 Å². The van der Waals surface area contributed by atoms with Gasteiger partial charge in [0, 0.05) is 7.11 Å². The second-order valence-corrected chi connectivity index (χ2v) is 2.57. The molecular formula is C10H18O3. The minimum atomic E-state index is 0.659. The van der Waals surface area contributed by atoms with Crippen molar-refractivity contribution in [3.05, 3.63) is 35.9 Å². The Morgan fingerprint density at radius 3 is 1.54 bits per heavy atom. The second-order valence-electron chi connectivity index (χ2n) is 2.57. The Bertz CT molecular complexity index is 173. The molecule has 76 valence electrons. The van der Waals surface area contributed by atoms with Crippen LogP contribution in [0.5, 0.6) is 0 Å². The zero-order valence-corrected chi connectivity index (χ0v) is 8.31. The lowest BCUT2D eigenvalue weighted by Gasteiger charge is -2.01. The van der Waals surface area contributed by atoms with Crippen LogP contribution in [-0.2, 0) is 0 Å². The third kappa shape index (κ3) is 7.46. The molecule has 0 atom stereocenters. The summed E-state index contributed by atoms with van der Waals surface area (Å²) in [6.45, 7) is 4.41. The lowest BCUT2D eigenvalue weighted by atomic mass is 10.0. The molecule has 0 aliphatic heterocycles. The minimum absolute atomic E-state index is 0.659. The van der Waals surface area contributed by atoms with Crippen molar-refractivity contribution in [3.63, 3.8) is 0 Å². The number of hydrogen-bond donors (Lipinski definition) is 3. The van der Waals surface area contributed by atoms with E-state index in [0.29, 0.717) is 5.92 Å². The van der Waals surface area contributed by atoms with E-state index >= 15 is 0 Å². The first-order chi connectivity index (χ1) is 6.30. The first-order valence-corrected chi connectivity index (χ1v) is 4.00. The summed E-state index contributed by atoms with van der Waals surface area (Å²) in [5, 5.41) is 19.0. The van der Waals surface area contributed by atoms with Crippen molar-refractivity contribution in [1.29, 1.82) is 0 Å². The Labute approximate surface area is 79.2 Å². The van der Waals surface area contributed by atoms with Crippen LogP contribution >= 0.6 is 0 Å². The predicted octanol–water partition coefficient (Wildman–Crippen LogP) is 2.44. The van der Waals surface area contributed by atoms with Gasteiger partial charge in [-0.1, -0.05) is 44.2 Å². The fourth-order valence-corrected chi connectivity index (χ4v) is 0.838. The molecule has 3 nitrogen and oxygen atoms in total. The van der Waals surface area contributed by atoms with E-state index < -0.39 is 0 Å². The Hall–Kier alpha value is -0.900. The van der Waals surface area contributed by atoms with Gasteiger partial charge >= 0.3 is 0 Å². The summed E-state index contributed by atoms with van der Waals surface area (Å²) in [6, 6.07) is 10.5. The third-order valence-electron chi connectivity index (χ3n) is 1.47. The van der Waals surface area contributed by atoms with Crippen LogP contribution in [0.4, 0.5) is 0 Å². The van der Waals surface area contributed by atoms with Gasteiger partial charge in [-0.05, 0) is 11.5 Å². The van der Waals surface area contributed by atoms with Gasteiger partial charge in [-0.3, -0.25) is 10.5 Å². The van der Waals surface area contributed by atoms with Crippen molar-refractivity contribution in [2.24, 2.45) is 0 Å². The maximum Gasteiger partial charge on any atom is 0.0319 e. The van der Waals surface area contributed by atoms with Gasteiger partial charge in [0.2, 0.25) is 0 Å². The first kappa shape index (κ1) is 14.6. The quantitative estimate of drug-likeness (QED) is 0.466. The van der Waals surface area contributed by atoms with Crippen LogP contribution in [0.3, 0.4) is 0 Å². The molecule has 0 saturated carbocycles. The van der Waals surface area contributed by atoms with E-state index in [1.807, 2.05) is 6.07 Å². The molecule has 1 aromatic carbocycles. The SMILES string of the molecule is CC(C)c1ccccc1.CO.OO. The molecule has 13 heavy (non-hydrogen) atoms. The molecule has 3 heteroatoms. The van der Waals surface area contributed by atoms with Crippen molar-refractivity contribution in [2.45, 2.75) is 19.8 Å². The number of benzene rings is 1. The van der Waals surface area contributed by atoms with Gasteiger partial charge in [-0.25, -0.2) is 0 Å². The van der Waals surface area contributed by atoms with E-state index in [1.165, 1.54) is 5.56 Å². The van der Waals surface area contributed by atoms with Crippen LogP contribution in [0.25, 0.3) is 0 Å². The van der Waals surface area contributed by atoms with Crippen molar-refractivity contribution < 1.29 is 15.6 Å². The summed E-state index contributed by atoms with van der Waals surface area (Å²) in [4.78, 5) is 0. The van der Waals surface area contributed by atoms with Crippen molar-refractivity contribution in [1.82, 2.24) is 0 Å². The highest BCUT2D eigenvalue weighted by molar-refractivity contribution is 5.17. The average Bonchev–Trinajstić information content (AvgIpc) is 2.25. The van der Waals surface area contributed by atoms with Gasteiger partial charge in [0.05, 0.1) is 0 Å². The zero-order chi connectivity index (χ0) is 10.7. The standard InChI is InChI=1S/C9H12.CH4O.H2O2/c1-8(2)9-6-4-3-5-7-9;2*1-2/h3-8H,1-2H3;2H,1H3;1-2H. The molecule has 0 fully saturated rings. The van der Waals surface area contributed by atoms with E-state index in [0.717, 1.165) is 7.11 Å². The van der Waals surface area contributed by atoms with Crippen LogP contribution in [0, 0.1) is 0 Å². The molecule has 0 radical (unpaired) electrons. The fraction of sp³-hybridized carbons (Fsp3) is 0.400. The van der Waals surface area contributed by atoms with Gasteiger partial charge in [0.15, 0.2) is 0 Å². The molecule has 3 N–H and O–H groups in total. The maximum absolute atomic E-state index is 7.00. The lowest BCUT2D eigenvalue weighted by Crippen LogP contribution is -1.83. The second kappa shape index (κ2) is 11.1. The van der Waals surface area contributed by atoms with Crippen molar-refractivity contribution >= 4 is 0 Å². The molecule has 0 amide bonds. The first-order valence-electron chi connectivity index (χ1n) is 4.00. The summed E-state index contributed by atoms with van der Waals surface area (Å²) in [6.07, 6.45) is 0. The molecule has 1 rings (SSSR count). The minimum Gasteiger partial charge on any atom is -0.400 e. The van der Waals surface area contributed by atoms with Gasteiger partial charge in [0.25, 0.3) is 0 Å². The summed E-state index contributed by atoms with van der Waals surface area (Å²) in [5.41, 5.74) is 1.41. The highest BCUT2D eigenvalue weighted by Gasteiger charge is 1.93. The number of rotatable bonds is 1. The number of aliphatic hydroxyl groups excluding tert-OH is 1. The largest absolute Gasteiger partial charge is 0.400 e. The molecule has 0 aliphatic rings. The van der Waals surface area contributed by atoms with Crippen LogP contribution in [0.2, 0.25) is 0 Å². The lowest BCUT2D eigenvalue weighted by molar-refractivity contribution is -0.176. The normalized spacial score (nSPS) is 7.92. The van der Waals surface area contributed by atoms with Crippen LogP contribution < -0.4 is 0 Å². The summed E-state index contributed by atoms with van der Waals surface area (Å²) in [5.74, 6) is 0.659. The van der Waals surface area contributed by atoms with Crippen LogP contribution in [-0.4, -0.2) is 22.7 Å². The van der Waals surface area contributed by atoms with E-state index in [1.54, 1.807) is 0 Å². The van der Waals surface area contributed by atoms with Gasteiger partial charge in [-0.15, -0.1) is 0 Å². The topological polar surface area (TPSA) is 60.7 Å². The van der Waals surface area contributed by atoms with Crippen LogP contribution in [0.1, 0.15) is 25.3 Å². The molecule has 0 heterocycles. The Kier molecular flexibility index (Phi) is 12.5. The van der Waals surface area contributed by atoms with Gasteiger partial charge in [0.1, 0.15) is 0 Å². The Morgan fingerprint density at radius 2 is 1.31 bits per heavy atom. The van der Waals surface area contributed by atoms with E-state index in [2.05, 4.69) is 38.1 Å². The average molecular weight is 186 g/mol. The summed E-state index contributed by atoms with van der Waals surface area (Å²) < 4.78 is 0. The monoisotopic (exact) mass is 186 g/mol. The molecule has 0 spiro atoms. The van der Waals surface area contributed by atoms with Crippen molar-refractivity contribution in [3.8, 4) is 0 Å². The molecular weight excluding hydrogens is 168 g/mol. The highest BCUT2D eigenvalue weighted by Crippen LogP contribution is 2.11. The Morgan fingerprint density at radius 1 is 0.923 bits per heavy atom. The Balaban J connectivity index is 0. The number of aliphatic hydroxyl groups is 1.